The minimum absolute atomic E-state index is 0.440. The maximum Gasteiger partial charge on any atom is 0.104 e. The molecule has 5 rings (SSSR count). The van der Waals surface area contributed by atoms with Gasteiger partial charge in [0, 0.05) is 6.61 Å². The first-order chi connectivity index (χ1) is 9.31. The van der Waals surface area contributed by atoms with Crippen LogP contribution < -0.4 is 0 Å². The molecular formula is C17H26O2. The molecule has 9 atom stereocenters. The van der Waals surface area contributed by atoms with Crippen molar-refractivity contribution < 1.29 is 9.47 Å². The molecule has 4 aliphatic carbocycles. The van der Waals surface area contributed by atoms with E-state index in [-0.39, 0.29) is 0 Å². The van der Waals surface area contributed by atoms with Crippen LogP contribution in [-0.4, -0.2) is 25.9 Å². The van der Waals surface area contributed by atoms with Gasteiger partial charge in [-0.1, -0.05) is 6.92 Å². The van der Waals surface area contributed by atoms with Gasteiger partial charge >= 0.3 is 0 Å². The van der Waals surface area contributed by atoms with Crippen LogP contribution in [0.15, 0.2) is 0 Å². The van der Waals surface area contributed by atoms with Gasteiger partial charge in [0.15, 0.2) is 0 Å². The molecule has 106 valence electrons. The first-order valence-corrected chi connectivity index (χ1v) is 8.50. The van der Waals surface area contributed by atoms with E-state index in [1.807, 2.05) is 0 Å². The van der Waals surface area contributed by atoms with E-state index in [0.29, 0.717) is 6.10 Å². The quantitative estimate of drug-likeness (QED) is 0.574. The molecule has 0 radical (unpaired) electrons. The minimum Gasteiger partial charge on any atom is -0.378 e. The van der Waals surface area contributed by atoms with Crippen molar-refractivity contribution >= 4 is 0 Å². The van der Waals surface area contributed by atoms with Crippen molar-refractivity contribution in [2.24, 2.45) is 47.3 Å². The van der Waals surface area contributed by atoms with Crippen LogP contribution in [0.5, 0.6) is 0 Å². The van der Waals surface area contributed by atoms with Crippen molar-refractivity contribution in [1.29, 1.82) is 0 Å². The van der Waals surface area contributed by atoms with Gasteiger partial charge in [-0.3, -0.25) is 0 Å². The first kappa shape index (κ1) is 11.6. The molecule has 5 fully saturated rings. The zero-order valence-electron chi connectivity index (χ0n) is 12.0. The summed E-state index contributed by atoms with van der Waals surface area (Å²) in [5.41, 5.74) is 0. The van der Waals surface area contributed by atoms with E-state index in [1.165, 1.54) is 6.42 Å². The molecule has 0 N–H and O–H groups in total. The number of rotatable bonds is 4. The second-order valence-electron chi connectivity index (χ2n) is 8.18. The summed E-state index contributed by atoms with van der Waals surface area (Å²) in [5.74, 6) is 8.44. The summed E-state index contributed by atoms with van der Waals surface area (Å²) in [7, 11) is 0. The second-order valence-corrected chi connectivity index (χ2v) is 8.18. The summed E-state index contributed by atoms with van der Waals surface area (Å²) in [6, 6.07) is 0. The smallest absolute Gasteiger partial charge is 0.104 e. The summed E-state index contributed by atoms with van der Waals surface area (Å²) in [6.45, 7) is 5.33. The first-order valence-electron chi connectivity index (χ1n) is 8.50. The van der Waals surface area contributed by atoms with Crippen molar-refractivity contribution in [3.05, 3.63) is 0 Å². The average Bonchev–Trinajstić information content (AvgIpc) is 2.77. The third-order valence-electron chi connectivity index (χ3n) is 7.33. The third kappa shape index (κ3) is 1.62. The molecule has 0 aromatic heterocycles. The van der Waals surface area contributed by atoms with Gasteiger partial charge in [-0.25, -0.2) is 0 Å². The van der Waals surface area contributed by atoms with E-state index in [9.17, 15) is 0 Å². The fraction of sp³-hybridized carbons (Fsp3) is 1.00. The maximum atomic E-state index is 5.92. The monoisotopic (exact) mass is 262 g/mol. The SMILES string of the molecule is CC1CC2CC1C1C3CC(COCC4CO4)C(C3)C21. The molecule has 0 amide bonds. The Bertz CT molecular complexity index is 377. The number of fused-ring (bicyclic) bond motifs is 9. The largest absolute Gasteiger partial charge is 0.378 e. The molecule has 4 bridgehead atoms. The van der Waals surface area contributed by atoms with Crippen LogP contribution in [-0.2, 0) is 9.47 Å². The highest BCUT2D eigenvalue weighted by Gasteiger charge is 2.63. The van der Waals surface area contributed by atoms with Gasteiger partial charge in [-0.2, -0.15) is 0 Å². The zero-order valence-corrected chi connectivity index (χ0v) is 12.0. The van der Waals surface area contributed by atoms with Gasteiger partial charge in [0.2, 0.25) is 0 Å². The summed E-state index contributed by atoms with van der Waals surface area (Å²) in [5, 5.41) is 0. The lowest BCUT2D eigenvalue weighted by molar-refractivity contribution is 0.0207. The van der Waals surface area contributed by atoms with E-state index in [0.717, 1.165) is 67.2 Å². The van der Waals surface area contributed by atoms with E-state index in [1.54, 1.807) is 19.3 Å². The highest BCUT2D eigenvalue weighted by molar-refractivity contribution is 5.12. The van der Waals surface area contributed by atoms with E-state index in [4.69, 9.17) is 9.47 Å². The maximum absolute atomic E-state index is 5.92. The molecule has 1 heterocycles. The molecule has 5 aliphatic rings. The molecule has 2 heteroatoms. The fourth-order valence-electron chi connectivity index (χ4n) is 6.77. The highest BCUT2D eigenvalue weighted by atomic mass is 16.6. The van der Waals surface area contributed by atoms with Crippen LogP contribution in [0.4, 0.5) is 0 Å². The Hall–Kier alpha value is -0.0800. The van der Waals surface area contributed by atoms with Crippen molar-refractivity contribution in [1.82, 2.24) is 0 Å². The number of ether oxygens (including phenoxy) is 2. The Morgan fingerprint density at radius 3 is 2.53 bits per heavy atom. The van der Waals surface area contributed by atoms with Gasteiger partial charge in [-0.05, 0) is 73.0 Å². The third-order valence-corrected chi connectivity index (χ3v) is 7.33. The normalized spacial score (nSPS) is 60.8. The zero-order chi connectivity index (χ0) is 12.6. The van der Waals surface area contributed by atoms with Crippen LogP contribution in [0.25, 0.3) is 0 Å². The predicted octanol–water partition coefficient (Wildman–Crippen LogP) is 2.97. The molecule has 0 aromatic rings. The molecule has 0 aromatic carbocycles. The fourth-order valence-corrected chi connectivity index (χ4v) is 6.77. The van der Waals surface area contributed by atoms with Crippen LogP contribution in [0.1, 0.15) is 32.6 Å². The Balaban J connectivity index is 1.26. The summed E-state index contributed by atoms with van der Waals surface area (Å²) >= 11 is 0. The van der Waals surface area contributed by atoms with Crippen LogP contribution in [0.3, 0.4) is 0 Å². The molecule has 0 spiro atoms. The van der Waals surface area contributed by atoms with Crippen molar-refractivity contribution in [3.8, 4) is 0 Å². The number of epoxide rings is 1. The topological polar surface area (TPSA) is 21.8 Å². The van der Waals surface area contributed by atoms with Crippen molar-refractivity contribution in [2.45, 2.75) is 38.7 Å². The number of hydrogen-bond donors (Lipinski definition) is 0. The summed E-state index contributed by atoms with van der Waals surface area (Å²) in [4.78, 5) is 0. The number of hydrogen-bond acceptors (Lipinski definition) is 2. The van der Waals surface area contributed by atoms with Crippen LogP contribution in [0.2, 0.25) is 0 Å². The van der Waals surface area contributed by atoms with Gasteiger partial charge < -0.3 is 9.47 Å². The molecule has 2 nitrogen and oxygen atoms in total. The molecule has 1 aliphatic heterocycles. The van der Waals surface area contributed by atoms with Gasteiger partial charge in [0.25, 0.3) is 0 Å². The lowest BCUT2D eigenvalue weighted by Gasteiger charge is -2.40. The van der Waals surface area contributed by atoms with Gasteiger partial charge in [0.05, 0.1) is 13.2 Å². The lowest BCUT2D eigenvalue weighted by Crippen LogP contribution is -2.36. The Kier molecular flexibility index (Phi) is 2.42. The molecule has 19 heavy (non-hydrogen) atoms. The summed E-state index contributed by atoms with van der Waals surface area (Å²) < 4.78 is 11.2. The molecule has 4 saturated carbocycles. The Morgan fingerprint density at radius 1 is 0.947 bits per heavy atom. The van der Waals surface area contributed by atoms with Gasteiger partial charge in [-0.15, -0.1) is 0 Å². The van der Waals surface area contributed by atoms with E-state index >= 15 is 0 Å². The molecule has 9 unspecified atom stereocenters. The van der Waals surface area contributed by atoms with E-state index in [2.05, 4.69) is 6.92 Å². The standard InChI is InChI=1S/C17H26O2/c1-9-2-10-4-14(9)16-11-3-12(15(5-11)17(10)16)6-18-7-13-8-19-13/h9-17H,2-8H2,1H3. The van der Waals surface area contributed by atoms with Crippen molar-refractivity contribution in [3.63, 3.8) is 0 Å². The van der Waals surface area contributed by atoms with Crippen LogP contribution in [0, 0.1) is 47.3 Å². The van der Waals surface area contributed by atoms with Crippen molar-refractivity contribution in [2.75, 3.05) is 19.8 Å². The average molecular weight is 262 g/mol. The lowest BCUT2D eigenvalue weighted by atomic mass is 9.65. The molecular weight excluding hydrogens is 236 g/mol. The molecule has 1 saturated heterocycles. The minimum atomic E-state index is 0.440. The second kappa shape index (κ2) is 3.98. The van der Waals surface area contributed by atoms with Crippen LogP contribution >= 0.6 is 0 Å². The summed E-state index contributed by atoms with van der Waals surface area (Å²) in [6.07, 6.45) is 6.58. The van der Waals surface area contributed by atoms with E-state index < -0.39 is 0 Å². The predicted molar refractivity (Wildman–Crippen MR) is 72.6 cm³/mol. The Morgan fingerprint density at radius 2 is 1.68 bits per heavy atom. The van der Waals surface area contributed by atoms with Gasteiger partial charge in [0.1, 0.15) is 6.10 Å². The Labute approximate surface area is 116 Å². The highest BCUT2D eigenvalue weighted by Crippen LogP contribution is 2.69.